The molecule has 20 heavy (non-hydrogen) atoms. The molecule has 2 unspecified atom stereocenters. The number of aromatic nitrogens is 2. The summed E-state index contributed by atoms with van der Waals surface area (Å²) in [6, 6.07) is 11.2. The van der Waals surface area contributed by atoms with Gasteiger partial charge in [0.2, 0.25) is 0 Å². The fourth-order valence-corrected chi connectivity index (χ4v) is 2.51. The fourth-order valence-electron chi connectivity index (χ4n) is 2.51. The van der Waals surface area contributed by atoms with Gasteiger partial charge in [-0.3, -0.25) is 4.68 Å². The number of rotatable bonds is 7. The summed E-state index contributed by atoms with van der Waals surface area (Å²) >= 11 is 0. The first-order chi connectivity index (χ1) is 9.76. The van der Waals surface area contributed by atoms with Crippen LogP contribution in [0, 0.1) is 0 Å². The maximum absolute atomic E-state index is 4.55. The first-order valence-electron chi connectivity index (χ1n) is 7.59. The van der Waals surface area contributed by atoms with Gasteiger partial charge < -0.3 is 5.32 Å². The summed E-state index contributed by atoms with van der Waals surface area (Å²) in [4.78, 5) is 0. The summed E-state index contributed by atoms with van der Waals surface area (Å²) in [6.45, 7) is 7.73. The van der Waals surface area contributed by atoms with E-state index in [1.807, 2.05) is 12.3 Å². The minimum atomic E-state index is 0.365. The van der Waals surface area contributed by atoms with E-state index in [1.165, 1.54) is 11.1 Å². The Morgan fingerprint density at radius 3 is 2.55 bits per heavy atom. The molecule has 108 valence electrons. The third kappa shape index (κ3) is 3.48. The summed E-state index contributed by atoms with van der Waals surface area (Å²) in [6.07, 6.45) is 6.38. The Balaban J connectivity index is 2.11. The lowest BCUT2D eigenvalue weighted by molar-refractivity contribution is 0.339. The second-order valence-corrected chi connectivity index (χ2v) is 5.28. The highest BCUT2D eigenvalue weighted by Gasteiger charge is 2.17. The van der Waals surface area contributed by atoms with Crippen LogP contribution >= 0.6 is 0 Å². The van der Waals surface area contributed by atoms with Crippen molar-refractivity contribution in [1.82, 2.24) is 15.1 Å². The average molecular weight is 271 g/mol. The number of hydrogen-bond acceptors (Lipinski definition) is 2. The van der Waals surface area contributed by atoms with Crippen LogP contribution in [0.5, 0.6) is 0 Å². The van der Waals surface area contributed by atoms with Crippen molar-refractivity contribution in [2.24, 2.45) is 0 Å². The van der Waals surface area contributed by atoms with Crippen LogP contribution in [0.3, 0.4) is 0 Å². The van der Waals surface area contributed by atoms with Crippen LogP contribution in [-0.2, 0) is 0 Å². The predicted octanol–water partition coefficient (Wildman–Crippen LogP) is 3.89. The van der Waals surface area contributed by atoms with Crippen molar-refractivity contribution in [1.29, 1.82) is 0 Å². The van der Waals surface area contributed by atoms with Gasteiger partial charge in [-0.15, -0.1) is 0 Å². The van der Waals surface area contributed by atoms with E-state index in [4.69, 9.17) is 0 Å². The van der Waals surface area contributed by atoms with Crippen LogP contribution in [0.1, 0.15) is 39.7 Å². The Morgan fingerprint density at radius 2 is 1.90 bits per heavy atom. The molecule has 0 aliphatic rings. The first-order valence-corrected chi connectivity index (χ1v) is 7.59. The van der Waals surface area contributed by atoms with E-state index in [0.29, 0.717) is 12.1 Å². The Hall–Kier alpha value is -1.61. The molecule has 0 bridgehead atoms. The van der Waals surface area contributed by atoms with Crippen molar-refractivity contribution < 1.29 is 0 Å². The van der Waals surface area contributed by atoms with Gasteiger partial charge in [-0.2, -0.15) is 5.10 Å². The highest BCUT2D eigenvalue weighted by atomic mass is 15.3. The Bertz CT molecular complexity index is 504. The molecule has 0 saturated heterocycles. The maximum atomic E-state index is 4.55. The zero-order chi connectivity index (χ0) is 14.4. The van der Waals surface area contributed by atoms with Crippen molar-refractivity contribution in [3.05, 3.63) is 42.7 Å². The topological polar surface area (TPSA) is 29.9 Å². The second-order valence-electron chi connectivity index (χ2n) is 5.28. The van der Waals surface area contributed by atoms with Crippen molar-refractivity contribution in [2.75, 3.05) is 6.54 Å². The van der Waals surface area contributed by atoms with Crippen LogP contribution in [0.15, 0.2) is 42.7 Å². The highest BCUT2D eigenvalue weighted by Crippen LogP contribution is 2.21. The molecule has 1 heterocycles. The molecular formula is C17H25N3. The molecule has 0 fully saturated rings. The smallest absolute Gasteiger partial charge is 0.0644 e. The van der Waals surface area contributed by atoms with Crippen molar-refractivity contribution >= 4 is 0 Å². The maximum Gasteiger partial charge on any atom is 0.0644 e. The molecule has 0 aliphatic heterocycles. The number of nitrogens with one attached hydrogen (secondary N) is 1. The first kappa shape index (κ1) is 14.8. The van der Waals surface area contributed by atoms with E-state index in [1.54, 1.807) is 0 Å². The van der Waals surface area contributed by atoms with Crippen LogP contribution in [-0.4, -0.2) is 22.4 Å². The van der Waals surface area contributed by atoms with Gasteiger partial charge in [-0.1, -0.05) is 44.2 Å². The molecule has 0 amide bonds. The average Bonchev–Trinajstić information content (AvgIpc) is 2.98. The van der Waals surface area contributed by atoms with Gasteiger partial charge in [-0.25, -0.2) is 0 Å². The lowest BCUT2D eigenvalue weighted by atomic mass is 10.1. The van der Waals surface area contributed by atoms with Gasteiger partial charge in [0.25, 0.3) is 0 Å². The third-order valence-corrected chi connectivity index (χ3v) is 3.80. The van der Waals surface area contributed by atoms with Gasteiger partial charge in [0.05, 0.1) is 12.2 Å². The SMILES string of the molecule is CCCNC(CC)C(C)n1cc(-c2ccccc2)cn1. The zero-order valence-electron chi connectivity index (χ0n) is 12.7. The Morgan fingerprint density at radius 1 is 1.15 bits per heavy atom. The monoisotopic (exact) mass is 271 g/mol. The molecule has 1 N–H and O–H groups in total. The summed E-state index contributed by atoms with van der Waals surface area (Å²) in [5.74, 6) is 0. The summed E-state index contributed by atoms with van der Waals surface area (Å²) in [7, 11) is 0. The van der Waals surface area contributed by atoms with Gasteiger partial charge in [0, 0.05) is 17.8 Å². The molecule has 0 aliphatic carbocycles. The van der Waals surface area contributed by atoms with E-state index in [0.717, 1.165) is 19.4 Å². The second kappa shape index (κ2) is 7.25. The van der Waals surface area contributed by atoms with Crippen molar-refractivity contribution in [3.63, 3.8) is 0 Å². The zero-order valence-corrected chi connectivity index (χ0v) is 12.7. The van der Waals surface area contributed by atoms with Gasteiger partial charge in [-0.05, 0) is 31.9 Å². The minimum Gasteiger partial charge on any atom is -0.312 e. The van der Waals surface area contributed by atoms with Gasteiger partial charge >= 0.3 is 0 Å². The molecule has 1 aromatic carbocycles. The molecule has 2 rings (SSSR count). The van der Waals surface area contributed by atoms with E-state index < -0.39 is 0 Å². The Kier molecular flexibility index (Phi) is 5.36. The Labute approximate surface area is 122 Å². The number of benzene rings is 1. The van der Waals surface area contributed by atoms with Crippen LogP contribution < -0.4 is 5.32 Å². The third-order valence-electron chi connectivity index (χ3n) is 3.80. The quantitative estimate of drug-likeness (QED) is 0.828. The van der Waals surface area contributed by atoms with E-state index in [-0.39, 0.29) is 0 Å². The fraction of sp³-hybridized carbons (Fsp3) is 0.471. The molecule has 3 nitrogen and oxygen atoms in total. The highest BCUT2D eigenvalue weighted by molar-refractivity contribution is 5.61. The summed E-state index contributed by atoms with van der Waals surface area (Å²) < 4.78 is 2.08. The molecule has 0 radical (unpaired) electrons. The summed E-state index contributed by atoms with van der Waals surface area (Å²) in [5.41, 5.74) is 2.41. The molecule has 3 heteroatoms. The molecular weight excluding hydrogens is 246 g/mol. The largest absolute Gasteiger partial charge is 0.312 e. The van der Waals surface area contributed by atoms with Crippen molar-refractivity contribution in [2.45, 2.75) is 45.7 Å². The molecule has 0 spiro atoms. The van der Waals surface area contributed by atoms with E-state index in [9.17, 15) is 0 Å². The predicted molar refractivity (Wildman–Crippen MR) is 84.7 cm³/mol. The molecule has 0 saturated carbocycles. The minimum absolute atomic E-state index is 0.365. The van der Waals surface area contributed by atoms with Crippen LogP contribution in [0.25, 0.3) is 11.1 Å². The molecule has 2 aromatic rings. The normalized spacial score (nSPS) is 14.2. The van der Waals surface area contributed by atoms with E-state index >= 15 is 0 Å². The standard InChI is InChI=1S/C17H25N3/c1-4-11-18-17(5-2)14(3)20-13-16(12-19-20)15-9-7-6-8-10-15/h6-10,12-14,17-18H,4-5,11H2,1-3H3. The summed E-state index contributed by atoms with van der Waals surface area (Å²) in [5, 5.41) is 8.15. The van der Waals surface area contributed by atoms with Crippen LogP contribution in [0.4, 0.5) is 0 Å². The molecule has 2 atom stereocenters. The lowest BCUT2D eigenvalue weighted by Crippen LogP contribution is -2.36. The molecule has 1 aromatic heterocycles. The van der Waals surface area contributed by atoms with E-state index in [2.05, 4.69) is 66.3 Å². The number of hydrogen-bond donors (Lipinski definition) is 1. The lowest BCUT2D eigenvalue weighted by Gasteiger charge is -2.24. The van der Waals surface area contributed by atoms with Crippen molar-refractivity contribution in [3.8, 4) is 11.1 Å². The van der Waals surface area contributed by atoms with Crippen LogP contribution in [0.2, 0.25) is 0 Å². The van der Waals surface area contributed by atoms with Gasteiger partial charge in [0.15, 0.2) is 0 Å². The number of nitrogens with zero attached hydrogens (tertiary/aromatic N) is 2. The van der Waals surface area contributed by atoms with Gasteiger partial charge in [0.1, 0.15) is 0 Å².